The topological polar surface area (TPSA) is 70.7 Å². The highest BCUT2D eigenvalue weighted by atomic mass is 16.2. The number of anilines is 1. The number of hydrogen-bond acceptors (Lipinski definition) is 3. The third-order valence-corrected chi connectivity index (χ3v) is 2.01. The van der Waals surface area contributed by atoms with Crippen molar-refractivity contribution in [2.45, 2.75) is 26.7 Å². The molecule has 1 aromatic rings. The van der Waals surface area contributed by atoms with Crippen LogP contribution in [0.1, 0.15) is 26.7 Å². The predicted octanol–water partition coefficient (Wildman–Crippen LogP) is 1.18. The van der Waals surface area contributed by atoms with Crippen molar-refractivity contribution < 1.29 is 4.79 Å². The van der Waals surface area contributed by atoms with Gasteiger partial charge >= 0.3 is 0 Å². The maximum atomic E-state index is 11.5. The van der Waals surface area contributed by atoms with E-state index in [4.69, 9.17) is 0 Å². The van der Waals surface area contributed by atoms with E-state index >= 15 is 0 Å². The smallest absolute Gasteiger partial charge is 0.229 e. The van der Waals surface area contributed by atoms with E-state index in [1.54, 1.807) is 0 Å². The van der Waals surface area contributed by atoms with Crippen LogP contribution in [-0.4, -0.2) is 21.1 Å². The van der Waals surface area contributed by atoms with Crippen LogP contribution in [0.25, 0.3) is 0 Å². The van der Waals surface area contributed by atoms with Crippen molar-refractivity contribution in [1.82, 2.24) is 15.2 Å². The molecule has 0 fully saturated rings. The molecule has 13 heavy (non-hydrogen) atoms. The molecule has 72 valence electrons. The molecule has 0 aliphatic carbocycles. The summed E-state index contributed by atoms with van der Waals surface area (Å²) in [6.45, 7) is 3.99. The quantitative estimate of drug-likeness (QED) is 0.734. The molecule has 0 bridgehead atoms. The van der Waals surface area contributed by atoms with Gasteiger partial charge in [-0.2, -0.15) is 10.1 Å². The molecule has 2 N–H and O–H groups in total. The van der Waals surface area contributed by atoms with Crippen LogP contribution >= 0.6 is 0 Å². The summed E-state index contributed by atoms with van der Waals surface area (Å²) in [5.41, 5.74) is 0. The summed E-state index contributed by atoms with van der Waals surface area (Å²) in [7, 11) is 0. The molecule has 0 unspecified atom stereocenters. The van der Waals surface area contributed by atoms with Gasteiger partial charge in [0.25, 0.3) is 0 Å². The molecule has 5 nitrogen and oxygen atoms in total. The second-order valence-corrected chi connectivity index (χ2v) is 2.84. The highest BCUT2D eigenvalue weighted by molar-refractivity contribution is 5.90. The number of carbonyl (C=O) groups is 1. The average Bonchev–Trinajstić information content (AvgIpc) is 2.59. The van der Waals surface area contributed by atoms with E-state index < -0.39 is 0 Å². The van der Waals surface area contributed by atoms with Gasteiger partial charge < -0.3 is 0 Å². The normalized spacial score (nSPS) is 10.4. The monoisotopic (exact) mass is 182 g/mol. The van der Waals surface area contributed by atoms with Gasteiger partial charge in [-0.3, -0.25) is 10.1 Å². The van der Waals surface area contributed by atoms with Crippen LogP contribution in [0.4, 0.5) is 5.95 Å². The second-order valence-electron chi connectivity index (χ2n) is 2.84. The zero-order valence-corrected chi connectivity index (χ0v) is 7.87. The van der Waals surface area contributed by atoms with E-state index in [0.29, 0.717) is 5.95 Å². The molecule has 0 aliphatic rings. The van der Waals surface area contributed by atoms with Gasteiger partial charge in [-0.15, -0.1) is 0 Å². The van der Waals surface area contributed by atoms with E-state index in [0.717, 1.165) is 12.8 Å². The number of hydrogen-bond donors (Lipinski definition) is 2. The number of amides is 1. The van der Waals surface area contributed by atoms with Crippen LogP contribution in [0, 0.1) is 5.92 Å². The predicted molar refractivity (Wildman–Crippen MR) is 49.1 cm³/mol. The summed E-state index contributed by atoms with van der Waals surface area (Å²) in [5, 5.41) is 8.87. The van der Waals surface area contributed by atoms with Gasteiger partial charge in [0.05, 0.1) is 0 Å². The summed E-state index contributed by atoms with van der Waals surface area (Å²) in [6, 6.07) is 0. The Bertz CT molecular complexity index is 253. The van der Waals surface area contributed by atoms with Crippen molar-refractivity contribution in [2.75, 3.05) is 5.32 Å². The summed E-state index contributed by atoms with van der Waals surface area (Å²) < 4.78 is 0. The number of nitrogens with zero attached hydrogens (tertiary/aromatic N) is 2. The third kappa shape index (κ3) is 2.54. The summed E-state index contributed by atoms with van der Waals surface area (Å²) in [6.07, 6.45) is 3.05. The highest BCUT2D eigenvalue weighted by Gasteiger charge is 2.14. The van der Waals surface area contributed by atoms with Crippen molar-refractivity contribution in [3.63, 3.8) is 0 Å². The highest BCUT2D eigenvalue weighted by Crippen LogP contribution is 2.09. The molecule has 5 heteroatoms. The molecule has 0 spiro atoms. The lowest BCUT2D eigenvalue weighted by atomic mass is 10.0. The van der Waals surface area contributed by atoms with Crippen LogP contribution < -0.4 is 5.32 Å². The lowest BCUT2D eigenvalue weighted by Crippen LogP contribution is -2.22. The van der Waals surface area contributed by atoms with Gasteiger partial charge in [-0.25, -0.2) is 5.10 Å². The standard InChI is InChI=1S/C8H14N4O/c1-3-6(4-2)7(13)11-8-9-5-10-12-8/h5-6H,3-4H2,1-2H3,(H2,9,10,11,12,13). The van der Waals surface area contributed by atoms with Crippen molar-refractivity contribution in [3.8, 4) is 0 Å². The summed E-state index contributed by atoms with van der Waals surface area (Å²) in [4.78, 5) is 15.3. The zero-order valence-electron chi connectivity index (χ0n) is 7.87. The van der Waals surface area contributed by atoms with Crippen LogP contribution in [0.3, 0.4) is 0 Å². The second kappa shape index (κ2) is 4.59. The first kappa shape index (κ1) is 9.70. The molecule has 0 saturated carbocycles. The van der Waals surface area contributed by atoms with Crippen molar-refractivity contribution in [3.05, 3.63) is 6.33 Å². The Morgan fingerprint density at radius 2 is 2.31 bits per heavy atom. The fourth-order valence-corrected chi connectivity index (χ4v) is 1.14. The lowest BCUT2D eigenvalue weighted by molar-refractivity contribution is -0.120. The zero-order chi connectivity index (χ0) is 9.68. The van der Waals surface area contributed by atoms with Gasteiger partial charge in [0.2, 0.25) is 11.9 Å². The van der Waals surface area contributed by atoms with E-state index in [-0.39, 0.29) is 11.8 Å². The van der Waals surface area contributed by atoms with E-state index in [9.17, 15) is 4.79 Å². The Morgan fingerprint density at radius 3 is 2.77 bits per heavy atom. The van der Waals surface area contributed by atoms with Gasteiger partial charge in [-0.1, -0.05) is 13.8 Å². The molecule has 0 aromatic carbocycles. The minimum absolute atomic E-state index is 0.00162. The van der Waals surface area contributed by atoms with Crippen LogP contribution in [0.15, 0.2) is 6.33 Å². The lowest BCUT2D eigenvalue weighted by Gasteiger charge is -2.10. The van der Waals surface area contributed by atoms with E-state index in [1.807, 2.05) is 13.8 Å². The number of H-pyrrole nitrogens is 1. The molecule has 0 saturated heterocycles. The summed E-state index contributed by atoms with van der Waals surface area (Å²) in [5.74, 6) is 0.476. The number of aromatic nitrogens is 3. The molecular weight excluding hydrogens is 168 g/mol. The minimum Gasteiger partial charge on any atom is -0.295 e. The maximum absolute atomic E-state index is 11.5. The Morgan fingerprint density at radius 1 is 1.62 bits per heavy atom. The average molecular weight is 182 g/mol. The Hall–Kier alpha value is -1.39. The Balaban J connectivity index is 2.49. The van der Waals surface area contributed by atoms with Gasteiger partial charge in [0.1, 0.15) is 6.33 Å². The largest absolute Gasteiger partial charge is 0.295 e. The minimum atomic E-state index is 0.00162. The van der Waals surface area contributed by atoms with Crippen molar-refractivity contribution in [2.24, 2.45) is 5.92 Å². The Kier molecular flexibility index (Phi) is 3.42. The number of rotatable bonds is 4. The SMILES string of the molecule is CCC(CC)C(=O)Nc1ncn[nH]1. The molecule has 1 rings (SSSR count). The number of aromatic amines is 1. The van der Waals surface area contributed by atoms with Crippen LogP contribution in [0.2, 0.25) is 0 Å². The summed E-state index contributed by atoms with van der Waals surface area (Å²) >= 11 is 0. The number of carbonyl (C=O) groups excluding carboxylic acids is 1. The third-order valence-electron chi connectivity index (χ3n) is 2.01. The van der Waals surface area contributed by atoms with E-state index in [1.165, 1.54) is 6.33 Å². The van der Waals surface area contributed by atoms with Gasteiger partial charge in [0, 0.05) is 5.92 Å². The van der Waals surface area contributed by atoms with Crippen molar-refractivity contribution >= 4 is 11.9 Å². The van der Waals surface area contributed by atoms with Gasteiger partial charge in [0.15, 0.2) is 0 Å². The molecule has 1 aromatic heterocycles. The molecule has 1 amide bonds. The molecule has 1 heterocycles. The first-order valence-corrected chi connectivity index (χ1v) is 4.44. The molecular formula is C8H14N4O. The fraction of sp³-hybridized carbons (Fsp3) is 0.625. The molecule has 0 atom stereocenters. The van der Waals surface area contributed by atoms with Crippen molar-refractivity contribution in [1.29, 1.82) is 0 Å². The van der Waals surface area contributed by atoms with E-state index in [2.05, 4.69) is 20.5 Å². The first-order valence-electron chi connectivity index (χ1n) is 4.44. The maximum Gasteiger partial charge on any atom is 0.229 e. The van der Waals surface area contributed by atoms with Crippen LogP contribution in [-0.2, 0) is 4.79 Å². The Labute approximate surface area is 76.9 Å². The first-order chi connectivity index (χ1) is 6.27. The van der Waals surface area contributed by atoms with Crippen LogP contribution in [0.5, 0.6) is 0 Å². The van der Waals surface area contributed by atoms with Gasteiger partial charge in [-0.05, 0) is 12.8 Å². The molecule has 0 radical (unpaired) electrons. The fourth-order valence-electron chi connectivity index (χ4n) is 1.14. The molecule has 0 aliphatic heterocycles. The number of nitrogens with one attached hydrogen (secondary N) is 2.